The van der Waals surface area contributed by atoms with Crippen LogP contribution in [0.25, 0.3) is 0 Å². The first-order valence-electron chi connectivity index (χ1n) is 12.3. The van der Waals surface area contributed by atoms with E-state index in [9.17, 15) is 21.6 Å². The highest BCUT2D eigenvalue weighted by Crippen LogP contribution is 2.27. The van der Waals surface area contributed by atoms with Gasteiger partial charge in [0.2, 0.25) is 5.95 Å². The van der Waals surface area contributed by atoms with Gasteiger partial charge in [-0.05, 0) is 81.1 Å². The summed E-state index contributed by atoms with van der Waals surface area (Å²) in [5.74, 6) is 0.475. The van der Waals surface area contributed by atoms with E-state index in [4.69, 9.17) is 4.74 Å². The Hall–Kier alpha value is -3.71. The Morgan fingerprint density at radius 3 is 2.03 bits per heavy atom. The first kappa shape index (κ1) is 28.3. The highest BCUT2D eigenvalue weighted by atomic mass is 32.2. The van der Waals surface area contributed by atoms with Crippen LogP contribution in [-0.4, -0.2) is 57.8 Å². The molecule has 2 N–H and O–H groups in total. The number of methoxy groups -OCH3 is 1. The van der Waals surface area contributed by atoms with Gasteiger partial charge in [0.05, 0.1) is 22.5 Å². The Balaban J connectivity index is 1.53. The van der Waals surface area contributed by atoms with Crippen molar-refractivity contribution in [1.82, 2.24) is 14.9 Å². The number of rotatable bonds is 8. The van der Waals surface area contributed by atoms with Crippen LogP contribution in [0.15, 0.2) is 58.3 Å². The number of nitrogens with zero attached hydrogens (tertiary/aromatic N) is 3. The zero-order chi connectivity index (χ0) is 28.4. The Bertz CT molecular complexity index is 1560. The summed E-state index contributed by atoms with van der Waals surface area (Å²) in [4.78, 5) is 22.8. The fourth-order valence-corrected chi connectivity index (χ4v) is 6.30. The molecule has 0 radical (unpaired) electrons. The third-order valence-electron chi connectivity index (χ3n) is 6.41. The number of likely N-dealkylation sites (tertiary alicyclic amines) is 1. The van der Waals surface area contributed by atoms with Crippen LogP contribution in [-0.2, 0) is 20.0 Å². The van der Waals surface area contributed by atoms with Crippen molar-refractivity contribution in [2.75, 3.05) is 29.6 Å². The van der Waals surface area contributed by atoms with Crippen LogP contribution in [0, 0.1) is 19.8 Å². The molecule has 2 aromatic carbocycles. The maximum atomic E-state index is 13.2. The number of aromatic nitrogens is 2. The zero-order valence-electron chi connectivity index (χ0n) is 22.1. The molecular formula is C26H31N5O6S2. The molecule has 3 aromatic rings. The van der Waals surface area contributed by atoms with Crippen molar-refractivity contribution in [2.24, 2.45) is 5.92 Å². The van der Waals surface area contributed by atoms with Gasteiger partial charge in [0, 0.05) is 30.2 Å². The number of amides is 1. The molecule has 11 nitrogen and oxygen atoms in total. The third kappa shape index (κ3) is 6.66. The fourth-order valence-electron chi connectivity index (χ4n) is 4.27. The summed E-state index contributed by atoms with van der Waals surface area (Å²) in [5.41, 5.74) is 1.53. The summed E-state index contributed by atoms with van der Waals surface area (Å²) >= 11 is 0. The molecule has 13 heteroatoms. The van der Waals surface area contributed by atoms with Gasteiger partial charge < -0.3 is 9.64 Å². The van der Waals surface area contributed by atoms with Gasteiger partial charge >= 0.3 is 0 Å². The maximum Gasteiger partial charge on any atom is 0.264 e. The van der Waals surface area contributed by atoms with Crippen molar-refractivity contribution in [1.29, 1.82) is 0 Å². The second-order valence-electron chi connectivity index (χ2n) is 9.55. The predicted octanol–water partition coefficient (Wildman–Crippen LogP) is 3.58. The standard InChI is InChI=1S/C26H31N5O6S2/c1-17-11-13-31(14-12-17)25(32)23-16-22(9-10-24(23)37-4)39(35,36)29-20-5-7-21(8-6-20)38(33,34)30-26-27-18(2)15-19(3)28-26/h5-10,15-17,29H,11-14H2,1-4H3,(H,27,28,30). The fraction of sp³-hybridized carbons (Fsp3) is 0.346. The molecule has 0 atom stereocenters. The van der Waals surface area contributed by atoms with E-state index in [2.05, 4.69) is 26.3 Å². The lowest BCUT2D eigenvalue weighted by Gasteiger charge is -2.30. The normalized spacial score (nSPS) is 14.6. The third-order valence-corrected chi connectivity index (χ3v) is 9.13. The Morgan fingerprint density at radius 2 is 1.44 bits per heavy atom. The SMILES string of the molecule is COc1ccc(S(=O)(=O)Nc2ccc(S(=O)(=O)Nc3nc(C)cc(C)n3)cc2)cc1C(=O)N1CCC(C)CC1. The molecule has 0 saturated carbocycles. The summed E-state index contributed by atoms with van der Waals surface area (Å²) in [6.07, 6.45) is 1.76. The topological polar surface area (TPSA) is 148 Å². The van der Waals surface area contributed by atoms with Gasteiger partial charge in [0.15, 0.2) is 0 Å². The minimum Gasteiger partial charge on any atom is -0.496 e. The molecule has 4 rings (SSSR count). The van der Waals surface area contributed by atoms with Crippen molar-refractivity contribution in [3.8, 4) is 5.75 Å². The van der Waals surface area contributed by atoms with Crippen LogP contribution in [0.2, 0.25) is 0 Å². The molecular weight excluding hydrogens is 542 g/mol. The number of nitrogens with one attached hydrogen (secondary N) is 2. The van der Waals surface area contributed by atoms with Crippen molar-refractivity contribution in [2.45, 2.75) is 43.4 Å². The Labute approximate surface area is 228 Å². The number of benzene rings is 2. The largest absolute Gasteiger partial charge is 0.496 e. The minimum absolute atomic E-state index is 0.0544. The summed E-state index contributed by atoms with van der Waals surface area (Å²) in [6.45, 7) is 6.78. The van der Waals surface area contributed by atoms with Gasteiger partial charge in [-0.3, -0.25) is 9.52 Å². The van der Waals surface area contributed by atoms with E-state index in [0.717, 1.165) is 12.8 Å². The molecule has 1 aromatic heterocycles. The molecule has 1 aliphatic rings. The lowest BCUT2D eigenvalue weighted by Crippen LogP contribution is -2.38. The Morgan fingerprint density at radius 1 is 0.872 bits per heavy atom. The average molecular weight is 574 g/mol. The van der Waals surface area contributed by atoms with E-state index in [1.54, 1.807) is 24.8 Å². The first-order chi connectivity index (χ1) is 18.4. The highest BCUT2D eigenvalue weighted by molar-refractivity contribution is 7.93. The van der Waals surface area contributed by atoms with Crippen molar-refractivity contribution < 1.29 is 26.4 Å². The number of hydrogen-bond donors (Lipinski definition) is 2. The molecule has 1 saturated heterocycles. The smallest absolute Gasteiger partial charge is 0.264 e. The van der Waals surface area contributed by atoms with Gasteiger partial charge in [0.25, 0.3) is 26.0 Å². The number of ether oxygens (including phenoxy) is 1. The number of aryl methyl sites for hydroxylation is 2. The molecule has 1 amide bonds. The molecule has 39 heavy (non-hydrogen) atoms. The number of anilines is 2. The van der Waals surface area contributed by atoms with E-state index in [1.165, 1.54) is 49.6 Å². The number of piperidine rings is 1. The van der Waals surface area contributed by atoms with Gasteiger partial charge in [0.1, 0.15) is 5.75 Å². The van der Waals surface area contributed by atoms with Crippen molar-refractivity contribution in [3.63, 3.8) is 0 Å². The quantitative estimate of drug-likeness (QED) is 0.416. The number of carbonyl (C=O) groups is 1. The second-order valence-corrected chi connectivity index (χ2v) is 12.9. The lowest BCUT2D eigenvalue weighted by atomic mass is 9.98. The second kappa shape index (κ2) is 11.2. The first-order valence-corrected chi connectivity index (χ1v) is 15.3. The predicted molar refractivity (Wildman–Crippen MR) is 147 cm³/mol. The van der Waals surface area contributed by atoms with Crippen LogP contribution in [0.3, 0.4) is 0 Å². The molecule has 1 aliphatic heterocycles. The number of carbonyl (C=O) groups excluding carboxylic acids is 1. The van der Waals surface area contributed by atoms with Gasteiger partial charge in [-0.1, -0.05) is 6.92 Å². The monoisotopic (exact) mass is 573 g/mol. The minimum atomic E-state index is -4.10. The molecule has 2 heterocycles. The maximum absolute atomic E-state index is 13.2. The molecule has 1 fully saturated rings. The Kier molecular flexibility index (Phi) is 8.12. The van der Waals surface area contributed by atoms with E-state index >= 15 is 0 Å². The molecule has 0 aliphatic carbocycles. The molecule has 208 valence electrons. The van der Waals surface area contributed by atoms with Crippen LogP contribution in [0.5, 0.6) is 5.75 Å². The molecule has 0 unspecified atom stereocenters. The van der Waals surface area contributed by atoms with Crippen LogP contribution in [0.4, 0.5) is 11.6 Å². The summed E-state index contributed by atoms with van der Waals surface area (Å²) in [6, 6.07) is 11.0. The zero-order valence-corrected chi connectivity index (χ0v) is 23.8. The van der Waals surface area contributed by atoms with Crippen molar-refractivity contribution in [3.05, 3.63) is 65.5 Å². The highest BCUT2D eigenvalue weighted by Gasteiger charge is 2.26. The summed E-state index contributed by atoms with van der Waals surface area (Å²) in [7, 11) is -6.68. The number of sulfonamides is 2. The van der Waals surface area contributed by atoms with E-state index < -0.39 is 20.0 Å². The van der Waals surface area contributed by atoms with Crippen molar-refractivity contribution >= 4 is 37.6 Å². The lowest BCUT2D eigenvalue weighted by molar-refractivity contribution is 0.0693. The molecule has 0 spiro atoms. The summed E-state index contributed by atoms with van der Waals surface area (Å²) in [5, 5.41) is 0. The van der Waals surface area contributed by atoms with Crippen LogP contribution < -0.4 is 14.2 Å². The summed E-state index contributed by atoms with van der Waals surface area (Å²) < 4.78 is 62.0. The van der Waals surface area contributed by atoms with Gasteiger partial charge in [-0.15, -0.1) is 0 Å². The van der Waals surface area contributed by atoms with E-state index in [1.807, 2.05) is 0 Å². The van der Waals surface area contributed by atoms with Gasteiger partial charge in [-0.2, -0.15) is 0 Å². The van der Waals surface area contributed by atoms with E-state index in [0.29, 0.717) is 30.4 Å². The molecule has 0 bridgehead atoms. The number of hydrogen-bond acceptors (Lipinski definition) is 8. The van der Waals surface area contributed by atoms with Crippen LogP contribution in [0.1, 0.15) is 41.5 Å². The van der Waals surface area contributed by atoms with Gasteiger partial charge in [-0.25, -0.2) is 31.5 Å². The van der Waals surface area contributed by atoms with Crippen LogP contribution >= 0.6 is 0 Å². The average Bonchev–Trinajstić information content (AvgIpc) is 2.87. The van der Waals surface area contributed by atoms with E-state index in [-0.39, 0.29) is 38.6 Å².